The Morgan fingerprint density at radius 3 is 2.43 bits per heavy atom. The highest BCUT2D eigenvalue weighted by atomic mass is 16.6. The lowest BCUT2D eigenvalue weighted by Gasteiger charge is -2.36. The number of anilines is 1. The Balaban J connectivity index is 1.40. The van der Waals surface area contributed by atoms with E-state index in [1.54, 1.807) is 15.6 Å². The Kier molecular flexibility index (Phi) is 4.62. The second-order valence-corrected chi connectivity index (χ2v) is 7.84. The summed E-state index contributed by atoms with van der Waals surface area (Å²) in [4.78, 5) is 25.1. The third kappa shape index (κ3) is 3.90. The maximum absolute atomic E-state index is 12.2. The van der Waals surface area contributed by atoms with E-state index in [1.165, 1.54) is 0 Å². The first-order valence-electron chi connectivity index (χ1n) is 9.38. The van der Waals surface area contributed by atoms with E-state index in [-0.39, 0.29) is 6.09 Å². The van der Waals surface area contributed by atoms with Crippen molar-refractivity contribution in [2.75, 3.05) is 31.1 Å². The van der Waals surface area contributed by atoms with Gasteiger partial charge in [0.25, 0.3) is 0 Å². The third-order valence-electron chi connectivity index (χ3n) is 4.58. The highest BCUT2D eigenvalue weighted by Gasteiger charge is 2.26. The molecule has 0 atom stereocenters. The predicted molar refractivity (Wildman–Crippen MR) is 106 cm³/mol. The van der Waals surface area contributed by atoms with Gasteiger partial charge in [-0.3, -0.25) is 0 Å². The van der Waals surface area contributed by atoms with Crippen molar-refractivity contribution in [1.29, 1.82) is 0 Å². The van der Waals surface area contributed by atoms with Crippen molar-refractivity contribution in [2.24, 2.45) is 0 Å². The largest absolute Gasteiger partial charge is 0.444 e. The molecule has 1 aliphatic heterocycles. The molecule has 4 rings (SSSR count). The first kappa shape index (κ1) is 18.2. The smallest absolute Gasteiger partial charge is 0.410 e. The van der Waals surface area contributed by atoms with Gasteiger partial charge in [-0.2, -0.15) is 5.10 Å². The summed E-state index contributed by atoms with van der Waals surface area (Å²) >= 11 is 0. The molecule has 0 aliphatic carbocycles. The number of carbonyl (C=O) groups is 1. The van der Waals surface area contributed by atoms with Gasteiger partial charge in [-0.15, -0.1) is 0 Å². The Labute approximate surface area is 163 Å². The molecule has 0 spiro atoms. The number of fused-ring (bicyclic) bond motifs is 1. The van der Waals surface area contributed by atoms with Gasteiger partial charge in [-0.25, -0.2) is 19.3 Å². The summed E-state index contributed by atoms with van der Waals surface area (Å²) < 4.78 is 7.20. The second kappa shape index (κ2) is 7.10. The average molecular weight is 380 g/mol. The molecule has 8 nitrogen and oxygen atoms in total. The van der Waals surface area contributed by atoms with E-state index in [2.05, 4.69) is 20.0 Å². The molecule has 0 N–H and O–H groups in total. The fourth-order valence-electron chi connectivity index (χ4n) is 3.15. The van der Waals surface area contributed by atoms with Gasteiger partial charge < -0.3 is 14.5 Å². The van der Waals surface area contributed by atoms with Crippen LogP contribution in [0.3, 0.4) is 0 Å². The Morgan fingerprint density at radius 2 is 1.75 bits per heavy atom. The SMILES string of the molecule is CC(C)(C)OC(=O)N1CCN(c2ccc(-c3cnc4ccnn4c3)cn2)CC1. The van der Waals surface area contributed by atoms with Gasteiger partial charge in [0.05, 0.1) is 6.20 Å². The molecule has 1 amide bonds. The zero-order valence-corrected chi connectivity index (χ0v) is 16.4. The van der Waals surface area contributed by atoms with Crippen molar-refractivity contribution in [3.63, 3.8) is 0 Å². The number of ether oxygens (including phenoxy) is 1. The molecule has 1 fully saturated rings. The molecule has 0 aromatic carbocycles. The van der Waals surface area contributed by atoms with Crippen molar-refractivity contribution in [3.8, 4) is 11.1 Å². The van der Waals surface area contributed by atoms with Crippen LogP contribution in [0, 0.1) is 0 Å². The summed E-state index contributed by atoms with van der Waals surface area (Å²) in [5.74, 6) is 0.903. The van der Waals surface area contributed by atoms with E-state index >= 15 is 0 Å². The van der Waals surface area contributed by atoms with E-state index in [1.807, 2.05) is 57.6 Å². The molecule has 146 valence electrons. The van der Waals surface area contributed by atoms with Crippen LogP contribution >= 0.6 is 0 Å². The summed E-state index contributed by atoms with van der Waals surface area (Å²) in [5.41, 5.74) is 2.29. The normalized spacial score (nSPS) is 15.1. The summed E-state index contributed by atoms with van der Waals surface area (Å²) in [7, 11) is 0. The molecular formula is C20H24N6O2. The van der Waals surface area contributed by atoms with Gasteiger partial charge in [0.1, 0.15) is 11.4 Å². The molecule has 0 unspecified atom stereocenters. The van der Waals surface area contributed by atoms with Gasteiger partial charge in [0, 0.05) is 62.0 Å². The second-order valence-electron chi connectivity index (χ2n) is 7.84. The highest BCUT2D eigenvalue weighted by Crippen LogP contribution is 2.22. The maximum atomic E-state index is 12.2. The van der Waals surface area contributed by atoms with Crippen LogP contribution in [0.25, 0.3) is 16.8 Å². The summed E-state index contributed by atoms with van der Waals surface area (Å²) in [6, 6.07) is 5.91. The Bertz CT molecular complexity index is 968. The highest BCUT2D eigenvalue weighted by molar-refractivity contribution is 5.68. The Morgan fingerprint density at radius 1 is 1.00 bits per heavy atom. The van der Waals surface area contributed by atoms with Crippen molar-refractivity contribution in [1.82, 2.24) is 24.5 Å². The van der Waals surface area contributed by atoms with Gasteiger partial charge in [0.15, 0.2) is 5.65 Å². The molecule has 0 radical (unpaired) electrons. The average Bonchev–Trinajstić information content (AvgIpc) is 3.15. The molecule has 3 aromatic heterocycles. The summed E-state index contributed by atoms with van der Waals surface area (Å²) in [6.07, 6.45) is 7.09. The number of nitrogens with zero attached hydrogens (tertiary/aromatic N) is 6. The minimum atomic E-state index is -0.473. The van der Waals surface area contributed by atoms with E-state index in [9.17, 15) is 4.79 Å². The maximum Gasteiger partial charge on any atom is 0.410 e. The minimum Gasteiger partial charge on any atom is -0.444 e. The Hall–Kier alpha value is -3.16. The lowest BCUT2D eigenvalue weighted by molar-refractivity contribution is 0.0240. The van der Waals surface area contributed by atoms with Crippen LogP contribution in [0.4, 0.5) is 10.6 Å². The van der Waals surface area contributed by atoms with Crippen LogP contribution in [-0.4, -0.2) is 62.4 Å². The molecular weight excluding hydrogens is 356 g/mol. The number of amides is 1. The summed E-state index contributed by atoms with van der Waals surface area (Å²) in [6.45, 7) is 8.35. The van der Waals surface area contributed by atoms with E-state index < -0.39 is 5.60 Å². The number of aromatic nitrogens is 4. The fraction of sp³-hybridized carbons (Fsp3) is 0.400. The molecule has 1 aliphatic rings. The van der Waals surface area contributed by atoms with Gasteiger partial charge in [-0.05, 0) is 32.9 Å². The quantitative estimate of drug-likeness (QED) is 0.680. The number of piperazine rings is 1. The van der Waals surface area contributed by atoms with Crippen molar-refractivity contribution < 1.29 is 9.53 Å². The number of rotatable bonds is 2. The lowest BCUT2D eigenvalue weighted by atomic mass is 10.1. The minimum absolute atomic E-state index is 0.253. The van der Waals surface area contributed by atoms with E-state index in [4.69, 9.17) is 4.74 Å². The van der Waals surface area contributed by atoms with E-state index in [0.717, 1.165) is 35.7 Å². The van der Waals surface area contributed by atoms with Gasteiger partial charge >= 0.3 is 6.09 Å². The molecule has 3 aromatic rings. The number of hydrogen-bond acceptors (Lipinski definition) is 6. The molecule has 0 saturated carbocycles. The third-order valence-corrected chi connectivity index (χ3v) is 4.58. The van der Waals surface area contributed by atoms with Crippen LogP contribution in [-0.2, 0) is 4.74 Å². The molecule has 0 bridgehead atoms. The molecule has 28 heavy (non-hydrogen) atoms. The van der Waals surface area contributed by atoms with Gasteiger partial charge in [-0.1, -0.05) is 0 Å². The van der Waals surface area contributed by atoms with Crippen molar-refractivity contribution in [3.05, 3.63) is 43.0 Å². The van der Waals surface area contributed by atoms with E-state index in [0.29, 0.717) is 13.1 Å². The van der Waals surface area contributed by atoms with Gasteiger partial charge in [0.2, 0.25) is 0 Å². The topological polar surface area (TPSA) is 75.9 Å². The molecule has 4 heterocycles. The first-order chi connectivity index (χ1) is 13.4. The molecule has 1 saturated heterocycles. The van der Waals surface area contributed by atoms with Crippen molar-refractivity contribution >= 4 is 17.6 Å². The number of carbonyl (C=O) groups excluding carboxylic acids is 1. The van der Waals surface area contributed by atoms with Crippen molar-refractivity contribution in [2.45, 2.75) is 26.4 Å². The zero-order chi connectivity index (χ0) is 19.7. The van der Waals surface area contributed by atoms with Crippen LogP contribution in [0.15, 0.2) is 43.0 Å². The lowest BCUT2D eigenvalue weighted by Crippen LogP contribution is -2.50. The van der Waals surface area contributed by atoms with Crippen LogP contribution in [0.2, 0.25) is 0 Å². The monoisotopic (exact) mass is 380 g/mol. The first-order valence-corrected chi connectivity index (χ1v) is 9.38. The predicted octanol–water partition coefficient (Wildman–Crippen LogP) is 2.85. The van der Waals surface area contributed by atoms with Crippen LogP contribution in [0.5, 0.6) is 0 Å². The van der Waals surface area contributed by atoms with Crippen LogP contribution in [0.1, 0.15) is 20.8 Å². The summed E-state index contributed by atoms with van der Waals surface area (Å²) in [5, 5.41) is 4.22. The zero-order valence-electron chi connectivity index (χ0n) is 16.4. The van der Waals surface area contributed by atoms with Crippen LogP contribution < -0.4 is 4.90 Å². The molecule has 8 heteroatoms. The fourth-order valence-corrected chi connectivity index (χ4v) is 3.15. The number of hydrogen-bond donors (Lipinski definition) is 0. The standard InChI is InChI=1S/C20H24N6O2/c1-20(2,3)28-19(27)25-10-8-24(9-11-25)17-5-4-15(12-21-17)16-13-22-18-6-7-23-26(18)14-16/h4-7,12-14H,8-11H2,1-3H3. The number of pyridine rings is 1.